The fourth-order valence-electron chi connectivity index (χ4n) is 5.08. The van der Waals surface area contributed by atoms with Gasteiger partial charge in [0.1, 0.15) is 12.4 Å². The van der Waals surface area contributed by atoms with Crippen molar-refractivity contribution in [1.82, 2.24) is 15.1 Å². The fourth-order valence-corrected chi connectivity index (χ4v) is 5.28. The standard InChI is InChI=1S/C32H42ClN3O5/c1-5-14-32(6-2,7-3)20-29(37)34-21-30(38)36-17-15-35(16-18-36)22-26-19-27(33)12-13-28(26)41-23-24-8-10-25(11-9-24)31(39)40-4/h5,8-13,19H,1,6-7,14-18,20-23H2,2-4H3,(H,34,37). The quantitative estimate of drug-likeness (QED) is 0.242. The van der Waals surface area contributed by atoms with E-state index >= 15 is 0 Å². The van der Waals surface area contributed by atoms with Gasteiger partial charge in [-0.15, -0.1) is 6.58 Å². The number of carbonyl (C=O) groups is 3. The summed E-state index contributed by atoms with van der Waals surface area (Å²) in [6, 6.07) is 12.7. The minimum absolute atomic E-state index is 0.0172. The highest BCUT2D eigenvalue weighted by molar-refractivity contribution is 6.30. The van der Waals surface area contributed by atoms with Crippen molar-refractivity contribution in [2.45, 2.75) is 52.7 Å². The lowest BCUT2D eigenvalue weighted by atomic mass is 9.76. The number of nitrogens with zero attached hydrogens (tertiary/aromatic N) is 2. The predicted octanol–water partition coefficient (Wildman–Crippen LogP) is 5.24. The Balaban J connectivity index is 1.49. The monoisotopic (exact) mass is 583 g/mol. The highest BCUT2D eigenvalue weighted by Crippen LogP contribution is 2.34. The Morgan fingerprint density at radius 3 is 2.34 bits per heavy atom. The molecule has 2 amide bonds. The van der Waals surface area contributed by atoms with Crippen LogP contribution in [0.25, 0.3) is 0 Å². The van der Waals surface area contributed by atoms with Crippen LogP contribution in [0.5, 0.6) is 5.75 Å². The average Bonchev–Trinajstić information content (AvgIpc) is 2.99. The Morgan fingerprint density at radius 1 is 1.05 bits per heavy atom. The molecule has 1 aliphatic heterocycles. The van der Waals surface area contributed by atoms with Crippen LogP contribution >= 0.6 is 11.6 Å². The van der Waals surface area contributed by atoms with Gasteiger partial charge in [0.2, 0.25) is 11.8 Å². The van der Waals surface area contributed by atoms with E-state index in [0.717, 1.165) is 36.1 Å². The Morgan fingerprint density at radius 2 is 1.73 bits per heavy atom. The Kier molecular flexibility index (Phi) is 12.2. The van der Waals surface area contributed by atoms with Crippen LogP contribution in [-0.4, -0.2) is 67.4 Å². The SMILES string of the molecule is C=CCC(CC)(CC)CC(=O)NCC(=O)N1CCN(Cc2cc(Cl)ccc2OCc2ccc(C(=O)OC)cc2)CC1. The third-order valence-electron chi connectivity index (χ3n) is 7.96. The molecule has 0 unspecified atom stereocenters. The van der Waals surface area contributed by atoms with Gasteiger partial charge >= 0.3 is 5.97 Å². The highest BCUT2D eigenvalue weighted by atomic mass is 35.5. The number of nitrogens with one attached hydrogen (secondary N) is 1. The summed E-state index contributed by atoms with van der Waals surface area (Å²) in [6.07, 6.45) is 4.84. The fraction of sp³-hybridized carbons (Fsp3) is 0.469. The third kappa shape index (κ3) is 9.33. The number of piperazine rings is 1. The van der Waals surface area contributed by atoms with Gasteiger partial charge in [-0.3, -0.25) is 14.5 Å². The van der Waals surface area contributed by atoms with Crippen LogP contribution < -0.4 is 10.1 Å². The van der Waals surface area contributed by atoms with Crippen LogP contribution in [0.15, 0.2) is 55.1 Å². The van der Waals surface area contributed by atoms with Crippen molar-refractivity contribution in [3.63, 3.8) is 0 Å². The van der Waals surface area contributed by atoms with Crippen LogP contribution in [0.4, 0.5) is 0 Å². The molecule has 0 atom stereocenters. The number of ether oxygens (including phenoxy) is 2. The molecule has 222 valence electrons. The first-order valence-corrected chi connectivity index (χ1v) is 14.6. The van der Waals surface area contributed by atoms with Crippen molar-refractivity contribution in [3.8, 4) is 5.75 Å². The van der Waals surface area contributed by atoms with Gasteiger partial charge in [-0.05, 0) is 60.6 Å². The smallest absolute Gasteiger partial charge is 0.337 e. The van der Waals surface area contributed by atoms with Gasteiger partial charge in [-0.2, -0.15) is 0 Å². The number of benzene rings is 2. The zero-order valence-corrected chi connectivity index (χ0v) is 25.2. The number of amides is 2. The molecule has 0 spiro atoms. The molecule has 9 heteroatoms. The van der Waals surface area contributed by atoms with Crippen molar-refractivity contribution in [2.75, 3.05) is 39.8 Å². The van der Waals surface area contributed by atoms with Crippen molar-refractivity contribution in [3.05, 3.63) is 76.8 Å². The molecule has 0 radical (unpaired) electrons. The van der Waals surface area contributed by atoms with E-state index in [-0.39, 0.29) is 29.7 Å². The van der Waals surface area contributed by atoms with Crippen molar-refractivity contribution in [1.29, 1.82) is 0 Å². The lowest BCUT2D eigenvalue weighted by Crippen LogP contribution is -2.51. The average molecular weight is 584 g/mol. The van der Waals surface area contributed by atoms with Gasteiger partial charge in [-0.25, -0.2) is 4.79 Å². The van der Waals surface area contributed by atoms with Crippen LogP contribution in [0.2, 0.25) is 5.02 Å². The molecule has 1 saturated heterocycles. The largest absolute Gasteiger partial charge is 0.489 e. The van der Waals surface area contributed by atoms with Crippen LogP contribution in [0.1, 0.15) is 61.0 Å². The second-order valence-corrected chi connectivity index (χ2v) is 11.0. The van der Waals surface area contributed by atoms with Gasteiger partial charge in [0.05, 0.1) is 19.2 Å². The molecule has 8 nitrogen and oxygen atoms in total. The minimum atomic E-state index is -0.377. The molecule has 0 bridgehead atoms. The molecule has 0 aromatic heterocycles. The Hall–Kier alpha value is -3.36. The van der Waals surface area contributed by atoms with Crippen LogP contribution in [0, 0.1) is 5.41 Å². The number of methoxy groups -OCH3 is 1. The Labute approximate surface area is 248 Å². The van der Waals surface area contributed by atoms with Gasteiger partial charge in [0, 0.05) is 49.7 Å². The third-order valence-corrected chi connectivity index (χ3v) is 8.20. The second-order valence-electron chi connectivity index (χ2n) is 10.5. The van der Waals surface area contributed by atoms with E-state index in [1.54, 1.807) is 23.1 Å². The predicted molar refractivity (Wildman–Crippen MR) is 161 cm³/mol. The molecule has 0 saturated carbocycles. The number of halogens is 1. The van der Waals surface area contributed by atoms with Gasteiger partial charge < -0.3 is 19.7 Å². The Bertz CT molecular complexity index is 1190. The molecule has 1 fully saturated rings. The summed E-state index contributed by atoms with van der Waals surface area (Å²) >= 11 is 6.30. The molecule has 41 heavy (non-hydrogen) atoms. The van der Waals surface area contributed by atoms with Gasteiger partial charge in [0.15, 0.2) is 0 Å². The molecule has 1 N–H and O–H groups in total. The van der Waals surface area contributed by atoms with E-state index in [1.807, 2.05) is 30.3 Å². The first kappa shape index (κ1) is 32.2. The van der Waals surface area contributed by atoms with Crippen LogP contribution in [-0.2, 0) is 27.5 Å². The zero-order valence-electron chi connectivity index (χ0n) is 24.4. The van der Waals surface area contributed by atoms with E-state index in [1.165, 1.54) is 7.11 Å². The number of esters is 1. The summed E-state index contributed by atoms with van der Waals surface area (Å²) in [6.45, 7) is 11.6. The molecule has 2 aromatic carbocycles. The minimum Gasteiger partial charge on any atom is -0.489 e. The first-order chi connectivity index (χ1) is 19.7. The van der Waals surface area contributed by atoms with Crippen molar-refractivity contribution >= 4 is 29.4 Å². The lowest BCUT2D eigenvalue weighted by Gasteiger charge is -2.35. The molecular weight excluding hydrogens is 542 g/mol. The second kappa shape index (κ2) is 15.6. The topological polar surface area (TPSA) is 88.2 Å². The van der Waals surface area contributed by atoms with Crippen LogP contribution in [0.3, 0.4) is 0 Å². The normalized spacial score (nSPS) is 13.9. The highest BCUT2D eigenvalue weighted by Gasteiger charge is 2.28. The maximum atomic E-state index is 12.8. The molecule has 1 aliphatic rings. The summed E-state index contributed by atoms with van der Waals surface area (Å²) in [5.74, 6) is 0.207. The number of allylic oxidation sites excluding steroid dienone is 1. The van der Waals surface area contributed by atoms with E-state index in [4.69, 9.17) is 21.1 Å². The summed E-state index contributed by atoms with van der Waals surface area (Å²) < 4.78 is 10.9. The molecule has 1 heterocycles. The summed E-state index contributed by atoms with van der Waals surface area (Å²) in [5, 5.41) is 3.46. The molecular formula is C32H42ClN3O5. The van der Waals surface area contributed by atoms with Gasteiger partial charge in [0.25, 0.3) is 0 Å². The van der Waals surface area contributed by atoms with E-state index in [0.29, 0.717) is 56.3 Å². The summed E-state index contributed by atoms with van der Waals surface area (Å²) in [5.41, 5.74) is 2.28. The lowest BCUT2D eigenvalue weighted by molar-refractivity contribution is -0.134. The van der Waals surface area contributed by atoms with E-state index in [2.05, 4.69) is 30.6 Å². The first-order valence-electron chi connectivity index (χ1n) is 14.2. The summed E-state index contributed by atoms with van der Waals surface area (Å²) in [7, 11) is 1.36. The van der Waals surface area contributed by atoms with E-state index in [9.17, 15) is 14.4 Å². The van der Waals surface area contributed by atoms with Crippen molar-refractivity contribution < 1.29 is 23.9 Å². The zero-order chi connectivity index (χ0) is 29.8. The number of carbonyl (C=O) groups excluding carboxylic acids is 3. The molecule has 0 aliphatic carbocycles. The number of hydrogen-bond donors (Lipinski definition) is 1. The number of rotatable bonds is 14. The maximum Gasteiger partial charge on any atom is 0.337 e. The van der Waals surface area contributed by atoms with E-state index < -0.39 is 0 Å². The molecule has 2 aromatic rings. The maximum absolute atomic E-state index is 12.8. The van der Waals surface area contributed by atoms with Gasteiger partial charge in [-0.1, -0.05) is 43.7 Å². The molecule has 3 rings (SSSR count). The van der Waals surface area contributed by atoms with Crippen molar-refractivity contribution in [2.24, 2.45) is 5.41 Å². The summed E-state index contributed by atoms with van der Waals surface area (Å²) in [4.78, 5) is 41.1. The number of hydrogen-bond acceptors (Lipinski definition) is 6.